The molecule has 0 bridgehead atoms. The molecule has 2 N–H and O–H groups in total. The van der Waals surface area contributed by atoms with E-state index in [1.165, 1.54) is 0 Å². The Hall–Kier alpha value is -2.93. The molecular formula is C22H27N5O2. The molecule has 29 heavy (non-hydrogen) atoms. The van der Waals surface area contributed by atoms with Crippen molar-refractivity contribution in [2.24, 2.45) is 11.1 Å². The van der Waals surface area contributed by atoms with Crippen molar-refractivity contribution in [3.05, 3.63) is 47.9 Å². The molecule has 1 aromatic carbocycles. The van der Waals surface area contributed by atoms with Crippen LogP contribution in [0.3, 0.4) is 0 Å². The third kappa shape index (κ3) is 3.46. The first-order chi connectivity index (χ1) is 13.9. The SMILES string of the molecule is Cc1nc2n(c1-c1ccccc1)CC(C)(C(=O)N1CCN(C(=O)CN)CC1)C=C2. The molecule has 1 atom stereocenters. The van der Waals surface area contributed by atoms with Crippen molar-refractivity contribution < 1.29 is 9.59 Å². The van der Waals surface area contributed by atoms with Gasteiger partial charge in [-0.3, -0.25) is 9.59 Å². The van der Waals surface area contributed by atoms with Crippen molar-refractivity contribution in [3.63, 3.8) is 0 Å². The molecule has 1 unspecified atom stereocenters. The summed E-state index contributed by atoms with van der Waals surface area (Å²) in [6.45, 7) is 6.69. The fraction of sp³-hybridized carbons (Fsp3) is 0.409. The number of carbonyl (C=O) groups excluding carboxylic acids is 2. The Balaban J connectivity index is 1.56. The van der Waals surface area contributed by atoms with E-state index < -0.39 is 5.41 Å². The van der Waals surface area contributed by atoms with E-state index in [9.17, 15) is 9.59 Å². The van der Waals surface area contributed by atoms with E-state index in [0.717, 1.165) is 22.8 Å². The Labute approximate surface area is 170 Å². The number of hydrogen-bond donors (Lipinski definition) is 1. The maximum atomic E-state index is 13.4. The molecular weight excluding hydrogens is 366 g/mol. The van der Waals surface area contributed by atoms with E-state index in [1.54, 1.807) is 4.90 Å². The predicted octanol–water partition coefficient (Wildman–Crippen LogP) is 1.52. The average Bonchev–Trinajstić information content (AvgIpc) is 3.08. The molecule has 7 nitrogen and oxygen atoms in total. The van der Waals surface area contributed by atoms with Gasteiger partial charge in [0, 0.05) is 38.3 Å². The minimum atomic E-state index is -0.649. The van der Waals surface area contributed by atoms with Gasteiger partial charge in [0.1, 0.15) is 5.82 Å². The minimum Gasteiger partial charge on any atom is -0.338 e. The van der Waals surface area contributed by atoms with Gasteiger partial charge in [-0.15, -0.1) is 0 Å². The second-order valence-electron chi connectivity index (χ2n) is 7.98. The monoisotopic (exact) mass is 393 g/mol. The third-order valence-electron chi connectivity index (χ3n) is 5.89. The highest BCUT2D eigenvalue weighted by molar-refractivity contribution is 5.86. The predicted molar refractivity (Wildman–Crippen MR) is 112 cm³/mol. The summed E-state index contributed by atoms with van der Waals surface area (Å²) >= 11 is 0. The highest BCUT2D eigenvalue weighted by atomic mass is 16.2. The molecule has 2 aromatic rings. The summed E-state index contributed by atoms with van der Waals surface area (Å²) in [6, 6.07) is 10.2. The van der Waals surface area contributed by atoms with E-state index in [1.807, 2.05) is 49.1 Å². The summed E-state index contributed by atoms with van der Waals surface area (Å²) in [5.74, 6) is 0.904. The van der Waals surface area contributed by atoms with Crippen molar-refractivity contribution in [3.8, 4) is 11.3 Å². The quantitative estimate of drug-likeness (QED) is 0.857. The van der Waals surface area contributed by atoms with Gasteiger partial charge < -0.3 is 20.1 Å². The van der Waals surface area contributed by atoms with Crippen LogP contribution in [0, 0.1) is 12.3 Å². The number of piperazine rings is 1. The van der Waals surface area contributed by atoms with Gasteiger partial charge in [0.25, 0.3) is 0 Å². The number of rotatable bonds is 3. The largest absolute Gasteiger partial charge is 0.338 e. The van der Waals surface area contributed by atoms with Crippen LogP contribution in [0.15, 0.2) is 36.4 Å². The van der Waals surface area contributed by atoms with Crippen molar-refractivity contribution >= 4 is 17.9 Å². The van der Waals surface area contributed by atoms with Crippen LogP contribution >= 0.6 is 0 Å². The zero-order valence-corrected chi connectivity index (χ0v) is 17.0. The Kier molecular flexibility index (Phi) is 5.00. The summed E-state index contributed by atoms with van der Waals surface area (Å²) in [5.41, 5.74) is 7.92. The first kappa shape index (κ1) is 19.4. The molecule has 2 amide bonds. The van der Waals surface area contributed by atoms with Crippen LogP contribution in [0.2, 0.25) is 0 Å². The van der Waals surface area contributed by atoms with E-state index in [2.05, 4.69) is 16.7 Å². The van der Waals surface area contributed by atoms with Crippen molar-refractivity contribution in [2.45, 2.75) is 20.4 Å². The number of carbonyl (C=O) groups is 2. The molecule has 0 radical (unpaired) electrons. The lowest BCUT2D eigenvalue weighted by molar-refractivity contribution is -0.144. The van der Waals surface area contributed by atoms with Crippen molar-refractivity contribution in [1.29, 1.82) is 0 Å². The zero-order valence-electron chi connectivity index (χ0n) is 17.0. The van der Waals surface area contributed by atoms with Gasteiger partial charge in [-0.2, -0.15) is 0 Å². The van der Waals surface area contributed by atoms with Gasteiger partial charge >= 0.3 is 0 Å². The van der Waals surface area contributed by atoms with E-state index in [0.29, 0.717) is 32.7 Å². The summed E-state index contributed by atoms with van der Waals surface area (Å²) in [5, 5.41) is 0. The number of nitrogens with zero attached hydrogens (tertiary/aromatic N) is 4. The molecule has 0 aliphatic carbocycles. The van der Waals surface area contributed by atoms with Gasteiger partial charge in [0.05, 0.1) is 23.3 Å². The summed E-state index contributed by atoms with van der Waals surface area (Å²) in [6.07, 6.45) is 3.93. The van der Waals surface area contributed by atoms with E-state index >= 15 is 0 Å². The molecule has 0 saturated carbocycles. The first-order valence-electron chi connectivity index (χ1n) is 10.0. The number of benzene rings is 1. The Bertz CT molecular complexity index is 957. The summed E-state index contributed by atoms with van der Waals surface area (Å²) < 4.78 is 2.15. The van der Waals surface area contributed by atoms with Gasteiger partial charge in [0.15, 0.2) is 0 Å². The fourth-order valence-corrected chi connectivity index (χ4v) is 4.27. The second kappa shape index (κ2) is 7.48. The lowest BCUT2D eigenvalue weighted by atomic mass is 9.85. The van der Waals surface area contributed by atoms with Gasteiger partial charge in [-0.05, 0) is 19.9 Å². The van der Waals surface area contributed by atoms with E-state index in [-0.39, 0.29) is 18.4 Å². The first-order valence-corrected chi connectivity index (χ1v) is 10.0. The number of imidazole rings is 1. The zero-order chi connectivity index (χ0) is 20.6. The highest BCUT2D eigenvalue weighted by Crippen LogP contribution is 2.35. The third-order valence-corrected chi connectivity index (χ3v) is 5.89. The number of hydrogen-bond acceptors (Lipinski definition) is 4. The van der Waals surface area contributed by atoms with E-state index in [4.69, 9.17) is 10.7 Å². The summed E-state index contributed by atoms with van der Waals surface area (Å²) in [4.78, 5) is 33.5. The lowest BCUT2D eigenvalue weighted by Crippen LogP contribution is -2.55. The number of nitrogens with two attached hydrogens (primary N) is 1. The molecule has 1 aromatic heterocycles. The fourth-order valence-electron chi connectivity index (χ4n) is 4.27. The maximum absolute atomic E-state index is 13.4. The Morgan fingerprint density at radius 2 is 1.76 bits per heavy atom. The molecule has 0 spiro atoms. The standard InChI is InChI=1S/C22H27N5O2/c1-16-20(17-6-4-3-5-7-17)27-15-22(2,9-8-18(27)24-16)21(29)26-12-10-25(11-13-26)19(28)14-23/h3-9H,10-15,23H2,1-2H3. The normalized spacial score (nSPS) is 21.2. The van der Waals surface area contributed by atoms with Crippen LogP contribution in [0.5, 0.6) is 0 Å². The van der Waals surface area contributed by atoms with Gasteiger partial charge in [0.2, 0.25) is 11.8 Å². The molecule has 2 aliphatic rings. The molecule has 1 saturated heterocycles. The van der Waals surface area contributed by atoms with Crippen LogP contribution in [-0.4, -0.2) is 63.9 Å². The second-order valence-corrected chi connectivity index (χ2v) is 7.98. The molecule has 7 heteroatoms. The lowest BCUT2D eigenvalue weighted by Gasteiger charge is -2.40. The average molecular weight is 393 g/mol. The molecule has 3 heterocycles. The van der Waals surface area contributed by atoms with Gasteiger partial charge in [-0.1, -0.05) is 36.4 Å². The number of aromatic nitrogens is 2. The van der Waals surface area contributed by atoms with Crippen LogP contribution in [-0.2, 0) is 16.1 Å². The maximum Gasteiger partial charge on any atom is 0.236 e. The number of amides is 2. The molecule has 152 valence electrons. The highest BCUT2D eigenvalue weighted by Gasteiger charge is 2.39. The van der Waals surface area contributed by atoms with Crippen LogP contribution in [0.1, 0.15) is 18.4 Å². The number of aryl methyl sites for hydroxylation is 1. The minimum absolute atomic E-state index is 0.0133. The van der Waals surface area contributed by atoms with Crippen LogP contribution in [0.25, 0.3) is 17.3 Å². The number of fused-ring (bicyclic) bond motifs is 1. The summed E-state index contributed by atoms with van der Waals surface area (Å²) in [7, 11) is 0. The van der Waals surface area contributed by atoms with Crippen molar-refractivity contribution in [1.82, 2.24) is 19.4 Å². The molecule has 4 rings (SSSR count). The van der Waals surface area contributed by atoms with Crippen LogP contribution < -0.4 is 5.73 Å². The smallest absolute Gasteiger partial charge is 0.236 e. The molecule has 1 fully saturated rings. The van der Waals surface area contributed by atoms with Crippen LogP contribution in [0.4, 0.5) is 0 Å². The Morgan fingerprint density at radius 1 is 1.10 bits per heavy atom. The van der Waals surface area contributed by atoms with Crippen molar-refractivity contribution in [2.75, 3.05) is 32.7 Å². The molecule has 2 aliphatic heterocycles. The Morgan fingerprint density at radius 3 is 2.41 bits per heavy atom. The topological polar surface area (TPSA) is 84.5 Å². The van der Waals surface area contributed by atoms with Gasteiger partial charge in [-0.25, -0.2) is 4.98 Å².